The molecule has 0 saturated carbocycles. The highest BCUT2D eigenvalue weighted by Crippen LogP contribution is 2.23. The second kappa shape index (κ2) is 9.12. The zero-order valence-electron chi connectivity index (χ0n) is 11.0. The van der Waals surface area contributed by atoms with Gasteiger partial charge in [0.2, 0.25) is 0 Å². The van der Waals surface area contributed by atoms with Gasteiger partial charge in [0.05, 0.1) is 12.9 Å². The second-order valence-electron chi connectivity index (χ2n) is 3.58. The maximum absolute atomic E-state index is 5.73. The van der Waals surface area contributed by atoms with E-state index in [0.717, 1.165) is 6.42 Å². The van der Waals surface area contributed by atoms with Crippen LogP contribution in [-0.2, 0) is 9.47 Å². The summed E-state index contributed by atoms with van der Waals surface area (Å²) >= 11 is 1.41. The molecular formula is C15H17NO2S. The van der Waals surface area contributed by atoms with E-state index in [-0.39, 0.29) is 0 Å². The molecule has 0 radical (unpaired) electrons. The van der Waals surface area contributed by atoms with Crippen molar-refractivity contribution in [2.75, 3.05) is 19.5 Å². The summed E-state index contributed by atoms with van der Waals surface area (Å²) in [7, 11) is 1.54. The predicted molar refractivity (Wildman–Crippen MR) is 81.8 cm³/mol. The molecule has 0 N–H and O–H groups in total. The molecule has 0 heterocycles. The van der Waals surface area contributed by atoms with Crippen molar-refractivity contribution in [2.24, 2.45) is 4.99 Å². The lowest BCUT2D eigenvalue weighted by molar-refractivity contribution is 0.250. The van der Waals surface area contributed by atoms with Crippen molar-refractivity contribution in [3.63, 3.8) is 0 Å². The first-order valence-electron chi connectivity index (χ1n) is 5.77. The summed E-state index contributed by atoms with van der Waals surface area (Å²) in [6.07, 6.45) is 15.3. The Bertz CT molecular complexity index is 467. The fourth-order valence-electron chi connectivity index (χ4n) is 1.36. The van der Waals surface area contributed by atoms with E-state index in [0.29, 0.717) is 23.1 Å². The summed E-state index contributed by atoms with van der Waals surface area (Å²) < 4.78 is 10.5. The van der Waals surface area contributed by atoms with Gasteiger partial charge in [-0.2, -0.15) is 0 Å². The Morgan fingerprint density at radius 2 is 2.53 bits per heavy atom. The lowest BCUT2D eigenvalue weighted by atomic mass is 10.2. The number of aliphatic imine (C=N–C) groups is 1. The highest BCUT2D eigenvalue weighted by molar-refractivity contribution is 8.03. The molecule has 0 atom stereocenters. The van der Waals surface area contributed by atoms with Gasteiger partial charge < -0.3 is 9.47 Å². The lowest BCUT2D eigenvalue weighted by Crippen LogP contribution is -1.98. The Kier molecular flexibility index (Phi) is 7.30. The molecule has 0 saturated heterocycles. The summed E-state index contributed by atoms with van der Waals surface area (Å²) in [6, 6.07) is 0. The zero-order chi connectivity index (χ0) is 13.9. The van der Waals surface area contributed by atoms with Crippen molar-refractivity contribution in [1.29, 1.82) is 0 Å². The lowest BCUT2D eigenvalue weighted by Gasteiger charge is -2.10. The molecule has 0 spiro atoms. The van der Waals surface area contributed by atoms with E-state index in [1.165, 1.54) is 30.8 Å². The Labute approximate surface area is 118 Å². The van der Waals surface area contributed by atoms with E-state index >= 15 is 0 Å². The number of terminal acetylenes is 1. The van der Waals surface area contributed by atoms with Crippen LogP contribution >= 0.6 is 11.8 Å². The molecule has 1 aliphatic rings. The first-order chi connectivity index (χ1) is 9.31. The fraction of sp³-hybridized carbons (Fsp3) is 0.267. The van der Waals surface area contributed by atoms with Gasteiger partial charge in [0.15, 0.2) is 12.2 Å². The van der Waals surface area contributed by atoms with E-state index in [1.54, 1.807) is 6.08 Å². The molecule has 3 nitrogen and oxygen atoms in total. The van der Waals surface area contributed by atoms with Gasteiger partial charge in [0, 0.05) is 0 Å². The first-order valence-corrected chi connectivity index (χ1v) is 6.76. The summed E-state index contributed by atoms with van der Waals surface area (Å²) in [5, 5.41) is 0.668. The Morgan fingerprint density at radius 1 is 1.68 bits per heavy atom. The van der Waals surface area contributed by atoms with Gasteiger partial charge in [-0.05, 0) is 18.1 Å². The minimum atomic E-state index is 0.515. The van der Waals surface area contributed by atoms with Crippen molar-refractivity contribution < 1.29 is 9.47 Å². The van der Waals surface area contributed by atoms with E-state index in [4.69, 9.17) is 15.9 Å². The van der Waals surface area contributed by atoms with Gasteiger partial charge in [-0.3, -0.25) is 0 Å². The monoisotopic (exact) mass is 275 g/mol. The number of rotatable bonds is 8. The van der Waals surface area contributed by atoms with Gasteiger partial charge in [-0.1, -0.05) is 42.5 Å². The highest BCUT2D eigenvalue weighted by Gasteiger charge is 2.07. The zero-order valence-corrected chi connectivity index (χ0v) is 11.8. The smallest absolute Gasteiger partial charge is 0.174 e. The van der Waals surface area contributed by atoms with Gasteiger partial charge >= 0.3 is 0 Å². The van der Waals surface area contributed by atoms with Crippen molar-refractivity contribution in [3.05, 3.63) is 47.2 Å². The van der Waals surface area contributed by atoms with Crippen LogP contribution in [0.1, 0.15) is 6.42 Å². The molecule has 0 aromatic carbocycles. The number of hydrogen-bond donors (Lipinski definition) is 0. The number of thioether (sulfide) groups is 1. The third-order valence-corrected chi connectivity index (χ3v) is 3.12. The Balaban J connectivity index is 2.71. The molecule has 0 bridgehead atoms. The molecule has 1 rings (SSSR count). The second-order valence-corrected chi connectivity index (χ2v) is 4.55. The van der Waals surface area contributed by atoms with Crippen LogP contribution in [0, 0.1) is 12.3 Å². The minimum Gasteiger partial charge on any atom is -0.486 e. The van der Waals surface area contributed by atoms with Gasteiger partial charge in [0.25, 0.3) is 0 Å². The van der Waals surface area contributed by atoms with E-state index in [1.807, 2.05) is 12.2 Å². The average Bonchev–Trinajstić information content (AvgIpc) is 2.94. The number of methoxy groups -OCH3 is 1. The topological polar surface area (TPSA) is 30.8 Å². The summed E-state index contributed by atoms with van der Waals surface area (Å²) in [6.45, 7) is 4.27. The largest absolute Gasteiger partial charge is 0.486 e. The van der Waals surface area contributed by atoms with Crippen LogP contribution in [0.4, 0.5) is 0 Å². The molecule has 0 aromatic rings. The molecule has 0 aromatic heterocycles. The summed E-state index contributed by atoms with van der Waals surface area (Å²) in [4.78, 5) is 4.16. The highest BCUT2D eigenvalue weighted by atomic mass is 32.2. The normalized spacial score (nSPS) is 14.8. The molecular weight excluding hydrogens is 258 g/mol. The molecule has 0 aliphatic heterocycles. The van der Waals surface area contributed by atoms with Crippen molar-refractivity contribution in [1.82, 2.24) is 0 Å². The van der Waals surface area contributed by atoms with Crippen LogP contribution in [0.5, 0.6) is 0 Å². The third-order valence-electron chi connectivity index (χ3n) is 2.22. The minimum absolute atomic E-state index is 0.515. The molecule has 0 unspecified atom stereocenters. The maximum Gasteiger partial charge on any atom is 0.174 e. The third kappa shape index (κ3) is 5.54. The molecule has 0 amide bonds. The van der Waals surface area contributed by atoms with E-state index in [9.17, 15) is 0 Å². The molecule has 1 aliphatic carbocycles. The Morgan fingerprint density at radius 3 is 3.11 bits per heavy atom. The molecule has 0 fully saturated rings. The number of hydrogen-bond acceptors (Lipinski definition) is 4. The average molecular weight is 275 g/mol. The first kappa shape index (κ1) is 15.2. The van der Waals surface area contributed by atoms with Crippen LogP contribution in [0.15, 0.2) is 52.2 Å². The van der Waals surface area contributed by atoms with Gasteiger partial charge in [0.1, 0.15) is 11.6 Å². The standard InChI is InChI=1S/C15H17NO2S/c1-4-10-19-15(16-12-17-3)14(5-2)18-11-13-8-6-7-9-13/h1,5-8,12H,2,9-11H2,3H3/b15-14-,16-12+. The summed E-state index contributed by atoms with van der Waals surface area (Å²) in [5.41, 5.74) is 1.22. The molecule has 19 heavy (non-hydrogen) atoms. The van der Waals surface area contributed by atoms with E-state index in [2.05, 4.69) is 23.6 Å². The van der Waals surface area contributed by atoms with Crippen LogP contribution < -0.4 is 0 Å². The molecule has 100 valence electrons. The maximum atomic E-state index is 5.73. The van der Waals surface area contributed by atoms with Gasteiger partial charge in [-0.15, -0.1) is 6.42 Å². The van der Waals surface area contributed by atoms with Crippen molar-refractivity contribution in [2.45, 2.75) is 6.42 Å². The SMILES string of the molecule is C#CCSC(/N=C/OC)=C(/C=C)OCC1=CC=CC1. The van der Waals surface area contributed by atoms with Crippen LogP contribution in [-0.4, -0.2) is 25.9 Å². The van der Waals surface area contributed by atoms with Crippen LogP contribution in [0.2, 0.25) is 0 Å². The van der Waals surface area contributed by atoms with E-state index < -0.39 is 0 Å². The number of allylic oxidation sites excluding steroid dienone is 4. The van der Waals surface area contributed by atoms with Crippen LogP contribution in [0.25, 0.3) is 0 Å². The van der Waals surface area contributed by atoms with Gasteiger partial charge in [-0.25, -0.2) is 4.99 Å². The fourth-order valence-corrected chi connectivity index (χ4v) is 1.98. The number of nitrogens with zero attached hydrogens (tertiary/aromatic N) is 1. The van der Waals surface area contributed by atoms with Crippen LogP contribution in [0.3, 0.4) is 0 Å². The predicted octanol–water partition coefficient (Wildman–Crippen LogP) is 3.29. The van der Waals surface area contributed by atoms with Crippen molar-refractivity contribution in [3.8, 4) is 12.3 Å². The summed E-state index contributed by atoms with van der Waals surface area (Å²) in [5.74, 6) is 3.68. The molecule has 4 heteroatoms. The number of ether oxygens (including phenoxy) is 2. The van der Waals surface area contributed by atoms with Crippen molar-refractivity contribution >= 4 is 18.2 Å². The Hall–Kier alpha value is -1.86. The quantitative estimate of drug-likeness (QED) is 0.224.